The van der Waals surface area contributed by atoms with Crippen molar-refractivity contribution in [2.24, 2.45) is 0 Å². The van der Waals surface area contributed by atoms with E-state index in [-0.39, 0.29) is 26.8 Å². The molecule has 7 rings (SSSR count). The van der Waals surface area contributed by atoms with Crippen molar-refractivity contribution in [3.63, 3.8) is 0 Å². The van der Waals surface area contributed by atoms with Crippen molar-refractivity contribution < 1.29 is 21.9 Å². The molecule has 1 aliphatic heterocycles. The highest BCUT2D eigenvalue weighted by atomic mass is 35.5. The highest BCUT2D eigenvalue weighted by Gasteiger charge is 2.26. The summed E-state index contributed by atoms with van der Waals surface area (Å²) in [5.74, 6) is -1.17. The molecule has 48 heavy (non-hydrogen) atoms. The number of halogens is 3. The molecule has 2 aromatic heterocycles. The number of aromatic nitrogens is 3. The Morgan fingerprint density at radius 2 is 1.75 bits per heavy atom. The van der Waals surface area contributed by atoms with E-state index in [4.69, 9.17) is 21.3 Å². The van der Waals surface area contributed by atoms with Crippen LogP contribution >= 0.6 is 11.6 Å². The number of hydrazine groups is 2. The number of sulfonamides is 1. The van der Waals surface area contributed by atoms with Gasteiger partial charge in [0.05, 0.1) is 21.8 Å². The van der Waals surface area contributed by atoms with Gasteiger partial charge in [0.15, 0.2) is 11.6 Å². The Balaban J connectivity index is 1.18. The van der Waals surface area contributed by atoms with Gasteiger partial charge < -0.3 is 10.1 Å². The third kappa shape index (κ3) is 5.88. The van der Waals surface area contributed by atoms with Crippen LogP contribution in [0.2, 0.25) is 5.02 Å². The van der Waals surface area contributed by atoms with Gasteiger partial charge in [0.2, 0.25) is 0 Å². The van der Waals surface area contributed by atoms with Crippen molar-refractivity contribution in [3.05, 3.63) is 125 Å². The molecule has 0 saturated carbocycles. The molecule has 0 saturated heterocycles. The second-order valence-corrected chi connectivity index (χ2v) is 12.7. The Hall–Kier alpha value is -5.57. The maximum absolute atomic E-state index is 15.8. The minimum atomic E-state index is -4.28. The van der Waals surface area contributed by atoms with Crippen LogP contribution in [0.5, 0.6) is 5.75 Å². The van der Waals surface area contributed by atoms with Gasteiger partial charge in [0.1, 0.15) is 47.2 Å². The number of para-hydroxylation sites is 1. The van der Waals surface area contributed by atoms with Crippen LogP contribution in [-0.4, -0.2) is 23.4 Å². The predicted molar refractivity (Wildman–Crippen MR) is 180 cm³/mol. The number of hydrogen-bond acceptors (Lipinski definition) is 10. The number of pyridine rings is 1. The van der Waals surface area contributed by atoms with Crippen molar-refractivity contribution >= 4 is 67.0 Å². The van der Waals surface area contributed by atoms with E-state index < -0.39 is 33.0 Å². The van der Waals surface area contributed by atoms with Crippen LogP contribution < -0.4 is 30.7 Å². The lowest BCUT2D eigenvalue weighted by Gasteiger charge is -2.18. The van der Waals surface area contributed by atoms with E-state index in [0.29, 0.717) is 35.1 Å². The van der Waals surface area contributed by atoms with Crippen molar-refractivity contribution in [1.82, 2.24) is 20.5 Å². The number of rotatable bonds is 9. The number of benzene rings is 4. The Morgan fingerprint density at radius 3 is 2.58 bits per heavy atom. The first-order valence-electron chi connectivity index (χ1n) is 14.5. The molecule has 0 radical (unpaired) electrons. The van der Waals surface area contributed by atoms with Gasteiger partial charge >= 0.3 is 0 Å². The maximum Gasteiger partial charge on any atom is 0.262 e. The van der Waals surface area contributed by atoms with E-state index in [9.17, 15) is 8.42 Å². The van der Waals surface area contributed by atoms with Crippen LogP contribution in [0.25, 0.3) is 11.0 Å². The molecule has 0 bridgehead atoms. The van der Waals surface area contributed by atoms with Crippen LogP contribution in [-0.2, 0) is 16.6 Å². The largest absolute Gasteiger partial charge is 0.487 e. The molecule has 0 amide bonds. The molecule has 0 atom stereocenters. The Labute approximate surface area is 278 Å². The fourth-order valence-electron chi connectivity index (χ4n) is 5.13. The summed E-state index contributed by atoms with van der Waals surface area (Å²) < 4.78 is 65.4. The molecule has 0 aliphatic carbocycles. The Bertz CT molecular complexity index is 2300. The van der Waals surface area contributed by atoms with E-state index in [1.54, 1.807) is 17.1 Å². The van der Waals surface area contributed by atoms with Crippen LogP contribution in [0, 0.1) is 18.6 Å². The van der Waals surface area contributed by atoms with Gasteiger partial charge in [-0.3, -0.25) is 10.1 Å². The van der Waals surface area contributed by atoms with Crippen molar-refractivity contribution in [2.45, 2.75) is 18.4 Å². The molecule has 0 spiro atoms. The average Bonchev–Trinajstić information content (AvgIpc) is 3.53. The first kappa shape index (κ1) is 31.1. The third-order valence-corrected chi connectivity index (χ3v) is 9.48. The molecular formula is C33H25ClF2N8O3S. The minimum Gasteiger partial charge on any atom is -0.487 e. The van der Waals surface area contributed by atoms with E-state index >= 15 is 8.78 Å². The molecule has 6 aromatic rings. The first-order valence-corrected chi connectivity index (χ1v) is 16.3. The zero-order valence-electron chi connectivity index (χ0n) is 25.0. The summed E-state index contributed by atoms with van der Waals surface area (Å²) in [6.07, 6.45) is 1.22. The number of fused-ring (bicyclic) bond motifs is 2. The van der Waals surface area contributed by atoms with Gasteiger partial charge in [-0.25, -0.2) is 37.2 Å². The summed E-state index contributed by atoms with van der Waals surface area (Å²) in [7, 11) is -4.28. The first-order chi connectivity index (χ1) is 23.2. The summed E-state index contributed by atoms with van der Waals surface area (Å²) in [5.41, 5.74) is 8.33. The fraction of sp³-hybridized carbons (Fsp3) is 0.0606. The van der Waals surface area contributed by atoms with Crippen molar-refractivity contribution in [2.75, 3.05) is 20.5 Å². The number of hydrogen-bond donors (Lipinski definition) is 4. The molecule has 4 aromatic carbocycles. The van der Waals surface area contributed by atoms with E-state index in [1.165, 1.54) is 31.5 Å². The second-order valence-electron chi connectivity index (χ2n) is 10.6. The summed E-state index contributed by atoms with van der Waals surface area (Å²) in [6.45, 7) is 1.90. The summed E-state index contributed by atoms with van der Waals surface area (Å²) >= 11 is 6.10. The summed E-state index contributed by atoms with van der Waals surface area (Å²) in [5, 5.41) is 4.55. The van der Waals surface area contributed by atoms with Crippen molar-refractivity contribution in [3.8, 4) is 5.75 Å². The molecule has 11 nitrogen and oxygen atoms in total. The Kier molecular flexibility index (Phi) is 8.12. The smallest absolute Gasteiger partial charge is 0.262 e. The monoisotopic (exact) mass is 686 g/mol. The summed E-state index contributed by atoms with van der Waals surface area (Å²) in [4.78, 5) is 13.0. The zero-order chi connectivity index (χ0) is 33.4. The topological polar surface area (TPSA) is 133 Å². The molecule has 4 N–H and O–H groups in total. The molecule has 0 unspecified atom stereocenters. The molecule has 15 heteroatoms. The Morgan fingerprint density at radius 1 is 0.938 bits per heavy atom. The average molecular weight is 687 g/mol. The zero-order valence-corrected chi connectivity index (χ0v) is 26.6. The predicted octanol–water partition coefficient (Wildman–Crippen LogP) is 7.37. The SMILES string of the molecule is Cc1c(Cl)cccc1S(=O)(=O)Nc1ccc(F)c(Nc2ncnc3ccc(N4NNc5c(OCc6ccccc6)cccc54)nc23)c1F. The van der Waals surface area contributed by atoms with Gasteiger partial charge in [0.25, 0.3) is 10.0 Å². The maximum atomic E-state index is 15.8. The summed E-state index contributed by atoms with van der Waals surface area (Å²) in [6, 6.07) is 25.0. The van der Waals surface area contributed by atoms with E-state index in [2.05, 4.69) is 31.0 Å². The normalized spacial score (nSPS) is 12.5. The van der Waals surface area contributed by atoms with Crippen LogP contribution in [0.3, 0.4) is 0 Å². The second kappa shape index (κ2) is 12.6. The fourth-order valence-corrected chi connectivity index (χ4v) is 6.69. The minimum absolute atomic E-state index is 0.0160. The number of anilines is 6. The highest BCUT2D eigenvalue weighted by molar-refractivity contribution is 7.92. The number of ether oxygens (including phenoxy) is 1. The third-order valence-electron chi connectivity index (χ3n) is 7.56. The van der Waals surface area contributed by atoms with Gasteiger partial charge in [0, 0.05) is 5.02 Å². The van der Waals surface area contributed by atoms with Gasteiger partial charge in [-0.15, -0.1) is 5.53 Å². The van der Waals surface area contributed by atoms with Crippen LogP contribution in [0.4, 0.5) is 43.2 Å². The number of nitrogens with one attached hydrogen (secondary N) is 4. The lowest BCUT2D eigenvalue weighted by atomic mass is 10.2. The van der Waals surface area contributed by atoms with Gasteiger partial charge in [-0.05, 0) is 66.6 Å². The lowest BCUT2D eigenvalue weighted by Crippen LogP contribution is -2.32. The molecule has 3 heterocycles. The molecule has 1 aliphatic rings. The van der Waals surface area contributed by atoms with Gasteiger partial charge in [-0.1, -0.05) is 54.1 Å². The quantitative estimate of drug-likeness (QED) is 0.122. The van der Waals surface area contributed by atoms with Crippen LogP contribution in [0.1, 0.15) is 11.1 Å². The van der Waals surface area contributed by atoms with E-state index in [1.807, 2.05) is 48.5 Å². The number of nitrogens with zero attached hydrogens (tertiary/aromatic N) is 4. The van der Waals surface area contributed by atoms with Gasteiger partial charge in [-0.2, -0.15) is 0 Å². The molecular weight excluding hydrogens is 662 g/mol. The lowest BCUT2D eigenvalue weighted by molar-refractivity contribution is 0.308. The highest BCUT2D eigenvalue weighted by Crippen LogP contribution is 2.41. The van der Waals surface area contributed by atoms with Crippen molar-refractivity contribution in [1.29, 1.82) is 0 Å². The standard InChI is InChI=1S/C33H25ClF2N8O3S/c1-19-21(34)9-5-12-27(19)48(45,46)42-23-14-13-22(35)30(29(23)36)40-33-31-24(37-18-38-33)15-16-28(39-31)44-25-10-6-11-26(32(25)41-43-44)47-17-20-7-3-2-4-8-20/h2-16,18,41-43H,17H2,1H3,(H,37,38,40). The molecule has 242 valence electrons. The molecule has 0 fully saturated rings. The van der Waals surface area contributed by atoms with Crippen LogP contribution in [0.15, 0.2) is 102 Å². The van der Waals surface area contributed by atoms with E-state index in [0.717, 1.165) is 17.7 Å².